The van der Waals surface area contributed by atoms with Crippen LogP contribution in [0.15, 0.2) is 0 Å². The van der Waals surface area contributed by atoms with E-state index < -0.39 is 6.49 Å². The molecule has 0 aromatic heterocycles. The molecule has 0 aromatic rings. The van der Waals surface area contributed by atoms with Crippen molar-refractivity contribution >= 4 is 18.3 Å². The monoisotopic (exact) mass is 226 g/mol. The zero-order chi connectivity index (χ0) is 10.2. The highest BCUT2D eigenvalue weighted by Crippen LogP contribution is 2.36. The van der Waals surface area contributed by atoms with Gasteiger partial charge in [0.05, 0.1) is 6.61 Å². The molecule has 3 nitrogen and oxygen atoms in total. The van der Waals surface area contributed by atoms with E-state index >= 15 is 0 Å². The lowest BCUT2D eigenvalue weighted by molar-refractivity contribution is 0.191. The van der Waals surface area contributed by atoms with E-state index in [0.29, 0.717) is 6.61 Å². The van der Waals surface area contributed by atoms with Crippen molar-refractivity contribution in [1.82, 2.24) is 0 Å². The van der Waals surface area contributed by atoms with Gasteiger partial charge in [-0.25, -0.2) is 0 Å². The Morgan fingerprint density at radius 3 is 2.15 bits per heavy atom. The Morgan fingerprint density at radius 1 is 1.15 bits per heavy atom. The maximum Gasteiger partial charge on any atom is 0.183 e. The van der Waals surface area contributed by atoms with Crippen molar-refractivity contribution < 1.29 is 14.2 Å². The Bertz CT molecular complexity index is 157. The molecule has 80 valence electrons. The third-order valence-corrected chi connectivity index (χ3v) is 2.55. The molecule has 13 heavy (non-hydrogen) atoms. The predicted octanol–water partition coefficient (Wildman–Crippen LogP) is 2.14. The molecule has 0 rings (SSSR count). The van der Waals surface area contributed by atoms with Crippen molar-refractivity contribution in [3.05, 3.63) is 0 Å². The van der Waals surface area contributed by atoms with Gasteiger partial charge in [0, 0.05) is 20.4 Å². The van der Waals surface area contributed by atoms with Gasteiger partial charge in [0.15, 0.2) is 6.49 Å². The van der Waals surface area contributed by atoms with Crippen LogP contribution in [0.5, 0.6) is 0 Å². The first-order valence-electron chi connectivity index (χ1n) is 4.50. The molecular formula is C8H19O3PS. The minimum Gasteiger partial charge on any atom is -0.385 e. The minimum absolute atomic E-state index is 0.581. The molecule has 0 aliphatic carbocycles. The van der Waals surface area contributed by atoms with E-state index in [2.05, 4.69) is 0 Å². The van der Waals surface area contributed by atoms with Crippen LogP contribution in [-0.4, -0.2) is 31.9 Å². The summed E-state index contributed by atoms with van der Waals surface area (Å²) >= 11 is 4.73. The van der Waals surface area contributed by atoms with Crippen LogP contribution in [-0.2, 0) is 21.1 Å². The number of ether oxygens (including phenoxy) is 1. The van der Waals surface area contributed by atoms with E-state index in [1.165, 1.54) is 0 Å². The Hall–Kier alpha value is 0.530. The highest BCUT2D eigenvalue weighted by molar-refractivity contribution is 8.09. The standard InChI is InChI=1S/C8H19O3PS/c1-10-7-5-3-4-6-8-11-12(2,9)13/h3-8H2,1-2H3,(H,9,13). The van der Waals surface area contributed by atoms with Crippen molar-refractivity contribution in [2.45, 2.75) is 25.7 Å². The van der Waals surface area contributed by atoms with Crippen LogP contribution in [0.4, 0.5) is 0 Å². The molecule has 0 aliphatic heterocycles. The molecule has 5 heteroatoms. The second-order valence-electron chi connectivity index (χ2n) is 3.04. The van der Waals surface area contributed by atoms with E-state index in [4.69, 9.17) is 26.0 Å². The first-order chi connectivity index (χ1) is 6.06. The minimum atomic E-state index is -2.42. The van der Waals surface area contributed by atoms with Crippen molar-refractivity contribution in [2.75, 3.05) is 27.0 Å². The van der Waals surface area contributed by atoms with Crippen LogP contribution in [0.25, 0.3) is 0 Å². The van der Waals surface area contributed by atoms with E-state index in [9.17, 15) is 0 Å². The molecule has 0 heterocycles. The summed E-state index contributed by atoms with van der Waals surface area (Å²) in [7, 11) is 1.71. The van der Waals surface area contributed by atoms with Crippen LogP contribution in [0.2, 0.25) is 0 Å². The van der Waals surface area contributed by atoms with Crippen molar-refractivity contribution in [1.29, 1.82) is 0 Å². The van der Waals surface area contributed by atoms with E-state index in [0.717, 1.165) is 32.3 Å². The van der Waals surface area contributed by atoms with Crippen LogP contribution < -0.4 is 0 Å². The largest absolute Gasteiger partial charge is 0.385 e. The number of hydrogen-bond donors (Lipinski definition) is 1. The number of unbranched alkanes of at least 4 members (excludes halogenated alkanes) is 3. The summed E-state index contributed by atoms with van der Waals surface area (Å²) in [6.45, 7) is 0.565. The molecular weight excluding hydrogens is 207 g/mol. The van der Waals surface area contributed by atoms with Gasteiger partial charge in [0.25, 0.3) is 0 Å². The molecule has 0 spiro atoms. The van der Waals surface area contributed by atoms with Gasteiger partial charge in [-0.3, -0.25) is 0 Å². The lowest BCUT2D eigenvalue weighted by Gasteiger charge is -2.09. The summed E-state index contributed by atoms with van der Waals surface area (Å²) in [6, 6.07) is 0. The van der Waals surface area contributed by atoms with E-state index in [-0.39, 0.29) is 0 Å². The van der Waals surface area contributed by atoms with Gasteiger partial charge in [-0.05, 0) is 24.6 Å². The second kappa shape index (κ2) is 7.89. The number of methoxy groups -OCH3 is 1. The molecule has 0 fully saturated rings. The van der Waals surface area contributed by atoms with Crippen molar-refractivity contribution in [2.24, 2.45) is 0 Å². The molecule has 0 saturated carbocycles. The van der Waals surface area contributed by atoms with Gasteiger partial charge < -0.3 is 14.2 Å². The molecule has 0 amide bonds. The molecule has 0 aromatic carbocycles. The summed E-state index contributed by atoms with van der Waals surface area (Å²) in [5.41, 5.74) is 0. The second-order valence-corrected chi connectivity index (χ2v) is 6.94. The first kappa shape index (κ1) is 13.5. The predicted molar refractivity (Wildman–Crippen MR) is 58.7 cm³/mol. The highest BCUT2D eigenvalue weighted by Gasteiger charge is 2.02. The van der Waals surface area contributed by atoms with Gasteiger partial charge in [0.1, 0.15) is 0 Å². The van der Waals surface area contributed by atoms with Gasteiger partial charge >= 0.3 is 0 Å². The van der Waals surface area contributed by atoms with Crippen LogP contribution in [0.3, 0.4) is 0 Å². The van der Waals surface area contributed by atoms with E-state index in [1.807, 2.05) is 0 Å². The van der Waals surface area contributed by atoms with E-state index in [1.54, 1.807) is 13.8 Å². The average molecular weight is 226 g/mol. The Morgan fingerprint density at radius 2 is 1.69 bits per heavy atom. The zero-order valence-corrected chi connectivity index (χ0v) is 10.1. The van der Waals surface area contributed by atoms with Gasteiger partial charge in [-0.2, -0.15) is 0 Å². The van der Waals surface area contributed by atoms with Gasteiger partial charge in [-0.15, -0.1) is 0 Å². The van der Waals surface area contributed by atoms with Gasteiger partial charge in [-0.1, -0.05) is 12.8 Å². The summed E-state index contributed by atoms with van der Waals surface area (Å²) in [5, 5.41) is 0. The maximum atomic E-state index is 9.14. The lowest BCUT2D eigenvalue weighted by atomic mass is 10.2. The van der Waals surface area contributed by atoms with Crippen molar-refractivity contribution in [3.8, 4) is 0 Å². The quantitative estimate of drug-likeness (QED) is 0.508. The summed E-state index contributed by atoms with van der Waals surface area (Å²) in [5.74, 6) is 0. The average Bonchev–Trinajstić information content (AvgIpc) is 2.01. The zero-order valence-electron chi connectivity index (χ0n) is 8.36. The molecule has 1 N–H and O–H groups in total. The van der Waals surface area contributed by atoms with Crippen LogP contribution in [0.1, 0.15) is 25.7 Å². The molecule has 1 atom stereocenters. The molecule has 1 unspecified atom stereocenters. The molecule has 0 bridgehead atoms. The summed E-state index contributed by atoms with van der Waals surface area (Å²) < 4.78 is 10.0. The highest BCUT2D eigenvalue weighted by atomic mass is 32.5. The SMILES string of the molecule is COCCCCCCOP(C)(O)=S. The number of rotatable bonds is 8. The third kappa shape index (κ3) is 12.5. The fraction of sp³-hybridized carbons (Fsp3) is 1.00. The number of hydrogen-bond acceptors (Lipinski definition) is 3. The Kier molecular flexibility index (Phi) is 8.21. The third-order valence-electron chi connectivity index (χ3n) is 1.57. The van der Waals surface area contributed by atoms with Crippen LogP contribution >= 0.6 is 6.49 Å². The smallest absolute Gasteiger partial charge is 0.183 e. The Balaban J connectivity index is 3.04. The lowest BCUT2D eigenvalue weighted by Crippen LogP contribution is -1.93. The first-order valence-corrected chi connectivity index (χ1v) is 7.62. The summed E-state index contributed by atoms with van der Waals surface area (Å²) in [4.78, 5) is 9.14. The Labute approximate surface area is 85.6 Å². The van der Waals surface area contributed by atoms with Gasteiger partial charge in [0.2, 0.25) is 0 Å². The molecule has 0 saturated heterocycles. The fourth-order valence-corrected chi connectivity index (χ4v) is 1.63. The maximum absolute atomic E-state index is 9.14. The van der Waals surface area contributed by atoms with Crippen molar-refractivity contribution in [3.63, 3.8) is 0 Å². The topological polar surface area (TPSA) is 38.7 Å². The summed E-state index contributed by atoms with van der Waals surface area (Å²) in [6.07, 6.45) is 4.32. The molecule has 0 aliphatic rings. The van der Waals surface area contributed by atoms with Crippen LogP contribution in [0, 0.1) is 0 Å². The molecule has 0 radical (unpaired) electrons. The fourth-order valence-electron chi connectivity index (χ4n) is 0.936. The normalized spacial score (nSPS) is 15.6.